The summed E-state index contributed by atoms with van der Waals surface area (Å²) in [6.07, 6.45) is 99.1. The summed E-state index contributed by atoms with van der Waals surface area (Å²) in [5.74, 6) is -0.186. The lowest BCUT2D eigenvalue weighted by molar-refractivity contribution is -0.870. The van der Waals surface area contributed by atoms with Crippen molar-refractivity contribution in [3.8, 4) is 0 Å². The third kappa shape index (κ3) is 71.1. The highest BCUT2D eigenvalue weighted by molar-refractivity contribution is 7.47. The second-order valence-electron chi connectivity index (χ2n) is 27.0. The summed E-state index contributed by atoms with van der Waals surface area (Å²) in [6.45, 7) is 4.72. The molecule has 0 aliphatic heterocycles. The molecule has 8 nitrogen and oxygen atoms in total. The van der Waals surface area contributed by atoms with Crippen molar-refractivity contribution >= 4 is 13.7 Å². The number of carbonyl (C=O) groups is 1. The van der Waals surface area contributed by atoms with Gasteiger partial charge in [-0.05, 0) is 83.5 Å². The number of phosphoric acid groups is 1. The predicted octanol–water partition coefficient (Wildman–Crippen LogP) is 24.7. The van der Waals surface area contributed by atoms with Crippen molar-refractivity contribution in [3.63, 3.8) is 0 Å². The van der Waals surface area contributed by atoms with Crippen LogP contribution in [0.4, 0.5) is 0 Å². The first-order valence-corrected chi connectivity index (χ1v) is 39.5. The number of likely N-dealkylation sites (N-methyl/N-ethyl adjacent to an activating group) is 1. The molecule has 0 radical (unpaired) electrons. The van der Waals surface area contributed by atoms with Crippen LogP contribution in [0.5, 0.6) is 0 Å². The summed E-state index contributed by atoms with van der Waals surface area (Å²) in [6, 6.07) is -0.874. The van der Waals surface area contributed by atoms with E-state index in [0.29, 0.717) is 17.4 Å². The van der Waals surface area contributed by atoms with Crippen molar-refractivity contribution in [1.82, 2.24) is 5.32 Å². The van der Waals surface area contributed by atoms with Gasteiger partial charge >= 0.3 is 7.82 Å². The molecule has 0 bridgehead atoms. The maximum Gasteiger partial charge on any atom is 0.472 e. The summed E-state index contributed by atoms with van der Waals surface area (Å²) in [4.78, 5) is 23.5. The van der Waals surface area contributed by atoms with Crippen LogP contribution >= 0.6 is 7.82 Å². The Kier molecular flexibility index (Phi) is 67.2. The largest absolute Gasteiger partial charge is 0.472 e. The van der Waals surface area contributed by atoms with E-state index in [9.17, 15) is 19.4 Å². The predicted molar refractivity (Wildman–Crippen MR) is 387 cm³/mol. The lowest BCUT2D eigenvalue weighted by atomic mass is 10.0. The van der Waals surface area contributed by atoms with Crippen LogP contribution in [0.2, 0.25) is 0 Å². The van der Waals surface area contributed by atoms with Gasteiger partial charge in [0, 0.05) is 6.42 Å². The van der Waals surface area contributed by atoms with Gasteiger partial charge in [-0.3, -0.25) is 13.8 Å². The normalized spacial score (nSPS) is 14.0. The summed E-state index contributed by atoms with van der Waals surface area (Å²) >= 11 is 0. The maximum absolute atomic E-state index is 13.1. The first-order chi connectivity index (χ1) is 43.0. The van der Waals surface area contributed by atoms with Gasteiger partial charge in [-0.25, -0.2) is 4.57 Å². The van der Waals surface area contributed by atoms with Crippen molar-refractivity contribution < 1.29 is 32.9 Å². The Labute approximate surface area is 547 Å². The molecule has 0 heterocycles. The van der Waals surface area contributed by atoms with Crippen LogP contribution in [0.3, 0.4) is 0 Å². The minimum Gasteiger partial charge on any atom is -0.387 e. The zero-order valence-corrected chi connectivity index (χ0v) is 59.9. The maximum atomic E-state index is 13.1. The van der Waals surface area contributed by atoms with E-state index in [2.05, 4.69) is 92.1 Å². The summed E-state index contributed by atoms with van der Waals surface area (Å²) in [5.41, 5.74) is 0. The minimum atomic E-state index is -4.37. The molecule has 3 unspecified atom stereocenters. The average Bonchev–Trinajstić information content (AvgIpc) is 3.70. The number of unbranched alkanes of at least 4 members (excludes halogenated alkanes) is 45. The van der Waals surface area contributed by atoms with Crippen LogP contribution in [-0.4, -0.2) is 73.4 Å². The number of quaternary nitrogens is 1. The monoisotopic (exact) mass is 1250 g/mol. The van der Waals surface area contributed by atoms with Gasteiger partial charge in [0.25, 0.3) is 0 Å². The number of amides is 1. The van der Waals surface area contributed by atoms with E-state index in [0.717, 1.165) is 70.6 Å². The number of aliphatic hydroxyl groups is 1. The summed E-state index contributed by atoms with van der Waals surface area (Å²) in [7, 11) is 1.56. The van der Waals surface area contributed by atoms with E-state index in [1.54, 1.807) is 6.08 Å². The number of allylic oxidation sites excluding steroid dienone is 13. The van der Waals surface area contributed by atoms with E-state index in [1.807, 2.05) is 27.2 Å². The number of rotatable bonds is 70. The molecule has 0 fully saturated rings. The van der Waals surface area contributed by atoms with Gasteiger partial charge in [0.1, 0.15) is 13.2 Å². The molecule has 0 saturated heterocycles. The van der Waals surface area contributed by atoms with E-state index in [1.165, 1.54) is 270 Å². The highest BCUT2D eigenvalue weighted by Crippen LogP contribution is 2.43. The van der Waals surface area contributed by atoms with E-state index < -0.39 is 20.0 Å². The molecule has 0 aliphatic rings. The Morgan fingerprint density at radius 1 is 0.398 bits per heavy atom. The van der Waals surface area contributed by atoms with Crippen LogP contribution < -0.4 is 5.32 Å². The molecule has 514 valence electrons. The second kappa shape index (κ2) is 69.0. The smallest absolute Gasteiger partial charge is 0.387 e. The fraction of sp³-hybridized carbons (Fsp3) is 0.810. The van der Waals surface area contributed by atoms with Gasteiger partial charge in [-0.2, -0.15) is 0 Å². The third-order valence-corrected chi connectivity index (χ3v) is 18.1. The molecule has 0 aromatic carbocycles. The van der Waals surface area contributed by atoms with Crippen molar-refractivity contribution in [2.24, 2.45) is 0 Å². The fourth-order valence-corrected chi connectivity index (χ4v) is 12.0. The molecular weight excluding hydrogens is 1100 g/mol. The molecule has 0 aromatic rings. The van der Waals surface area contributed by atoms with E-state index >= 15 is 0 Å². The minimum absolute atomic E-state index is 0.0530. The Balaban J connectivity index is 4.03. The number of phosphoric ester groups is 1. The molecule has 0 rings (SSSR count). The zero-order valence-electron chi connectivity index (χ0n) is 59.0. The number of aliphatic hydroxyl groups excluding tert-OH is 1. The van der Waals surface area contributed by atoms with Crippen LogP contribution in [0.25, 0.3) is 0 Å². The topological polar surface area (TPSA) is 105 Å². The number of carbonyl (C=O) groups excluding carboxylic acids is 1. The van der Waals surface area contributed by atoms with Crippen molar-refractivity contribution in [1.29, 1.82) is 0 Å². The van der Waals surface area contributed by atoms with Gasteiger partial charge in [-0.1, -0.05) is 356 Å². The molecule has 9 heteroatoms. The standard InChI is InChI=1S/C79H147N2O6P/c1-6-8-10-12-14-16-18-20-22-24-26-28-30-32-34-36-37-38-39-40-41-42-43-45-47-49-51-53-55-57-59-61-63-65-67-69-71-73-79(83)80-77(76-87-88(84,85)86-75-74-81(3,4)5)78(82)72-70-68-66-64-62-60-58-56-54-52-50-48-46-44-35-33-31-29-27-25-23-21-19-17-15-13-11-9-7-2/h8,10,14,16,20,22,26,28,54,56,62,64,70,72,77-78,82H,6-7,9,11-13,15,17-19,21,23-25,27,29-53,55,57-61,63,65-69,71,73-76H2,1-5H3,(H-,80,83,84,85)/p+1/b10-8-,16-14-,22-20-,28-26-,56-54+,64-62+,72-70+. The summed E-state index contributed by atoms with van der Waals surface area (Å²) in [5, 5.41) is 14.0. The lowest BCUT2D eigenvalue weighted by Gasteiger charge is -2.25. The molecule has 3 N–H and O–H groups in total. The van der Waals surface area contributed by atoms with Crippen LogP contribution in [0.1, 0.15) is 361 Å². The highest BCUT2D eigenvalue weighted by atomic mass is 31.2. The highest BCUT2D eigenvalue weighted by Gasteiger charge is 2.28. The fourth-order valence-electron chi connectivity index (χ4n) is 11.2. The van der Waals surface area contributed by atoms with Crippen LogP contribution in [0, 0.1) is 0 Å². The van der Waals surface area contributed by atoms with Gasteiger partial charge in [-0.15, -0.1) is 0 Å². The Bertz CT molecular complexity index is 1710. The van der Waals surface area contributed by atoms with Gasteiger partial charge in [0.15, 0.2) is 0 Å². The molecule has 0 saturated carbocycles. The number of nitrogens with zero attached hydrogens (tertiary/aromatic N) is 1. The Morgan fingerprint density at radius 3 is 1.05 bits per heavy atom. The van der Waals surface area contributed by atoms with Gasteiger partial charge in [0.2, 0.25) is 5.91 Å². The van der Waals surface area contributed by atoms with E-state index in [-0.39, 0.29) is 19.1 Å². The Morgan fingerprint density at radius 2 is 0.693 bits per heavy atom. The molecule has 1 amide bonds. The Hall–Kier alpha value is -2.32. The molecule has 3 atom stereocenters. The molecular formula is C79H148N2O6P+. The average molecular weight is 1250 g/mol. The van der Waals surface area contributed by atoms with Crippen molar-refractivity contribution in [2.45, 2.75) is 373 Å². The lowest BCUT2D eigenvalue weighted by Crippen LogP contribution is -2.45. The first-order valence-electron chi connectivity index (χ1n) is 38.0. The first kappa shape index (κ1) is 85.7. The van der Waals surface area contributed by atoms with Crippen molar-refractivity contribution in [3.05, 3.63) is 85.1 Å². The zero-order chi connectivity index (χ0) is 64.1. The van der Waals surface area contributed by atoms with Crippen LogP contribution in [-0.2, 0) is 18.4 Å². The summed E-state index contributed by atoms with van der Waals surface area (Å²) < 4.78 is 23.8. The number of nitrogens with one attached hydrogen (secondary N) is 1. The van der Waals surface area contributed by atoms with Gasteiger partial charge < -0.3 is 19.8 Å². The third-order valence-electron chi connectivity index (χ3n) is 17.1. The van der Waals surface area contributed by atoms with Gasteiger partial charge in [0.05, 0.1) is 39.9 Å². The second-order valence-corrected chi connectivity index (χ2v) is 28.4. The number of hydrogen-bond donors (Lipinski definition) is 3. The van der Waals surface area contributed by atoms with Crippen LogP contribution in [0.15, 0.2) is 85.1 Å². The van der Waals surface area contributed by atoms with E-state index in [4.69, 9.17) is 9.05 Å². The SMILES string of the molecule is CC/C=C\C/C=C\C/C=C\C/C=C\CCCCCCCCCCCCCCCCCCCCCCCCCCC(=O)NC(COP(=O)(O)OCC[N+](C)(C)C)C(O)/C=C/CC/C=C/CC/C=C/CCCCCCCCCCCCCCCCCCCCC. The quantitative estimate of drug-likeness (QED) is 0.0243. The molecule has 88 heavy (non-hydrogen) atoms. The molecule has 0 aromatic heterocycles. The molecule has 0 aliphatic carbocycles. The molecule has 0 spiro atoms. The van der Waals surface area contributed by atoms with Crippen molar-refractivity contribution in [2.75, 3.05) is 40.9 Å². The number of hydrogen-bond acceptors (Lipinski definition) is 5.